The number of carbonyl (C=O) groups is 2. The molecule has 0 saturated heterocycles. The van der Waals surface area contributed by atoms with Gasteiger partial charge in [-0.1, -0.05) is 15.9 Å². The van der Waals surface area contributed by atoms with E-state index in [0.717, 1.165) is 12.1 Å². The van der Waals surface area contributed by atoms with E-state index in [-0.39, 0.29) is 10.6 Å². The van der Waals surface area contributed by atoms with Crippen LogP contribution in [0.5, 0.6) is 0 Å². The van der Waals surface area contributed by atoms with E-state index in [1.807, 2.05) is 5.32 Å². The van der Waals surface area contributed by atoms with Gasteiger partial charge in [0.25, 0.3) is 0 Å². The van der Waals surface area contributed by atoms with E-state index < -0.39 is 37.1 Å². The quantitative estimate of drug-likeness (QED) is 0.798. The molecule has 1 aromatic rings. The van der Waals surface area contributed by atoms with Gasteiger partial charge in [0.15, 0.2) is 0 Å². The van der Waals surface area contributed by atoms with Gasteiger partial charge in [-0.15, -0.1) is 0 Å². The van der Waals surface area contributed by atoms with Crippen LogP contribution in [0.3, 0.4) is 0 Å². The maximum atomic E-state index is 13.5. The van der Waals surface area contributed by atoms with Gasteiger partial charge in [-0.2, -0.15) is 13.2 Å². The van der Waals surface area contributed by atoms with E-state index in [1.54, 1.807) is 0 Å². The second-order valence-corrected chi connectivity index (χ2v) is 4.83. The zero-order valence-corrected chi connectivity index (χ0v) is 11.8. The van der Waals surface area contributed by atoms with Crippen LogP contribution < -0.4 is 5.32 Å². The topological polar surface area (TPSA) is 69.6 Å². The predicted molar refractivity (Wildman–Crippen MR) is 68.4 cm³/mol. The standard InChI is InChI=1S/C11H9BrF4N2O3/c12-6-1-2-8(7(13)3-6)17-10(21)18(4-9(19)20)5-11(14,15)16/h1-3H,4-5H2,(H,17,21)(H,19,20). The molecule has 5 nitrogen and oxygen atoms in total. The number of amides is 2. The first-order valence-corrected chi connectivity index (χ1v) is 6.17. The van der Waals surface area contributed by atoms with Crippen LogP contribution in [0.15, 0.2) is 22.7 Å². The molecule has 0 radical (unpaired) electrons. The molecule has 0 atom stereocenters. The summed E-state index contributed by atoms with van der Waals surface area (Å²) in [5.41, 5.74) is -0.360. The molecule has 1 aromatic carbocycles. The molecule has 0 unspecified atom stereocenters. The minimum atomic E-state index is -4.77. The summed E-state index contributed by atoms with van der Waals surface area (Å²) < 4.78 is 50.7. The molecule has 2 amide bonds. The fourth-order valence-corrected chi connectivity index (χ4v) is 1.70. The Labute approximate surface area is 124 Å². The van der Waals surface area contributed by atoms with Crippen LogP contribution in [0.1, 0.15) is 0 Å². The molecule has 0 aliphatic heterocycles. The Morgan fingerprint density at radius 2 is 1.95 bits per heavy atom. The monoisotopic (exact) mass is 372 g/mol. The molecule has 116 valence electrons. The summed E-state index contributed by atoms with van der Waals surface area (Å²) in [6, 6.07) is 2.13. The Balaban J connectivity index is 2.87. The Kier molecular flexibility index (Phi) is 5.53. The second-order valence-electron chi connectivity index (χ2n) is 3.92. The summed E-state index contributed by atoms with van der Waals surface area (Å²) in [4.78, 5) is 22.1. The van der Waals surface area contributed by atoms with Crippen molar-refractivity contribution in [2.75, 3.05) is 18.4 Å². The lowest BCUT2D eigenvalue weighted by Crippen LogP contribution is -2.44. The minimum absolute atomic E-state index is 0.0177. The number of carbonyl (C=O) groups excluding carboxylic acids is 1. The molecule has 0 aromatic heterocycles. The smallest absolute Gasteiger partial charge is 0.406 e. The van der Waals surface area contributed by atoms with Crippen LogP contribution in [0.4, 0.5) is 28.0 Å². The number of carboxylic acids is 1. The molecule has 21 heavy (non-hydrogen) atoms. The normalized spacial score (nSPS) is 11.1. The van der Waals surface area contributed by atoms with Gasteiger partial charge in [0.05, 0.1) is 5.69 Å². The molecular weight excluding hydrogens is 364 g/mol. The van der Waals surface area contributed by atoms with Crippen molar-refractivity contribution in [3.63, 3.8) is 0 Å². The van der Waals surface area contributed by atoms with Crippen molar-refractivity contribution in [1.29, 1.82) is 0 Å². The number of alkyl halides is 3. The van der Waals surface area contributed by atoms with Gasteiger partial charge in [-0.3, -0.25) is 4.79 Å². The Morgan fingerprint density at radius 1 is 1.33 bits per heavy atom. The molecule has 1 rings (SSSR count). The van der Waals surface area contributed by atoms with Gasteiger partial charge in [0.1, 0.15) is 18.9 Å². The lowest BCUT2D eigenvalue weighted by atomic mass is 10.3. The maximum absolute atomic E-state index is 13.5. The summed E-state index contributed by atoms with van der Waals surface area (Å²) in [6.07, 6.45) is -4.77. The fraction of sp³-hybridized carbons (Fsp3) is 0.273. The number of urea groups is 1. The van der Waals surface area contributed by atoms with Gasteiger partial charge < -0.3 is 15.3 Å². The number of nitrogens with one attached hydrogen (secondary N) is 1. The van der Waals surface area contributed by atoms with Gasteiger partial charge in [-0.05, 0) is 18.2 Å². The van der Waals surface area contributed by atoms with Crippen molar-refractivity contribution in [3.8, 4) is 0 Å². The minimum Gasteiger partial charge on any atom is -0.480 e. The maximum Gasteiger partial charge on any atom is 0.406 e. The summed E-state index contributed by atoms with van der Waals surface area (Å²) in [6.45, 7) is -2.92. The van der Waals surface area contributed by atoms with Crippen LogP contribution in [0.2, 0.25) is 0 Å². The van der Waals surface area contributed by atoms with Crippen molar-refractivity contribution < 1.29 is 32.3 Å². The van der Waals surface area contributed by atoms with Crippen LogP contribution in [-0.2, 0) is 4.79 Å². The third-order valence-corrected chi connectivity index (χ3v) is 2.65. The number of halogens is 5. The van der Waals surface area contributed by atoms with E-state index >= 15 is 0 Å². The number of hydrogen-bond acceptors (Lipinski definition) is 2. The highest BCUT2D eigenvalue weighted by molar-refractivity contribution is 9.10. The molecule has 0 spiro atoms. The second kappa shape index (κ2) is 6.74. The molecule has 0 aliphatic carbocycles. The summed E-state index contributed by atoms with van der Waals surface area (Å²) in [5, 5.41) is 10.4. The Hall–Kier alpha value is -1.84. The average Bonchev–Trinajstić information content (AvgIpc) is 2.29. The average molecular weight is 373 g/mol. The van der Waals surface area contributed by atoms with Crippen molar-refractivity contribution in [1.82, 2.24) is 4.90 Å². The lowest BCUT2D eigenvalue weighted by molar-refractivity contribution is -0.148. The van der Waals surface area contributed by atoms with E-state index in [2.05, 4.69) is 15.9 Å². The van der Waals surface area contributed by atoms with E-state index in [0.29, 0.717) is 4.47 Å². The third-order valence-electron chi connectivity index (χ3n) is 2.16. The molecule has 0 aliphatic rings. The lowest BCUT2D eigenvalue weighted by Gasteiger charge is -2.22. The van der Waals surface area contributed by atoms with Crippen LogP contribution in [0.25, 0.3) is 0 Å². The summed E-state index contributed by atoms with van der Waals surface area (Å²) >= 11 is 2.97. The van der Waals surface area contributed by atoms with Gasteiger partial charge in [0, 0.05) is 4.47 Å². The molecule has 0 bridgehead atoms. The number of hydrogen-bond donors (Lipinski definition) is 2. The third kappa shape index (κ3) is 5.98. The molecule has 10 heteroatoms. The number of nitrogens with zero attached hydrogens (tertiary/aromatic N) is 1. The number of rotatable bonds is 4. The van der Waals surface area contributed by atoms with Crippen LogP contribution in [0, 0.1) is 5.82 Å². The van der Waals surface area contributed by atoms with Crippen LogP contribution >= 0.6 is 15.9 Å². The van der Waals surface area contributed by atoms with Gasteiger partial charge in [-0.25, -0.2) is 9.18 Å². The first kappa shape index (κ1) is 17.2. The summed E-state index contributed by atoms with van der Waals surface area (Å²) in [7, 11) is 0. The predicted octanol–water partition coefficient (Wildman–Crippen LogP) is 3.07. The SMILES string of the molecule is O=C(O)CN(CC(F)(F)F)C(=O)Nc1ccc(Br)cc1F. The van der Waals surface area contributed by atoms with Crippen LogP contribution in [-0.4, -0.2) is 41.3 Å². The largest absolute Gasteiger partial charge is 0.480 e. The number of benzene rings is 1. The van der Waals surface area contributed by atoms with Crippen molar-refractivity contribution >= 4 is 33.6 Å². The number of anilines is 1. The molecular formula is C11H9BrF4N2O3. The highest BCUT2D eigenvalue weighted by Crippen LogP contribution is 2.21. The molecule has 0 heterocycles. The molecule has 0 fully saturated rings. The highest BCUT2D eigenvalue weighted by Gasteiger charge is 2.34. The van der Waals surface area contributed by atoms with E-state index in [4.69, 9.17) is 5.11 Å². The zero-order valence-electron chi connectivity index (χ0n) is 10.2. The first-order chi connectivity index (χ1) is 9.58. The van der Waals surface area contributed by atoms with Crippen molar-refractivity contribution in [2.24, 2.45) is 0 Å². The van der Waals surface area contributed by atoms with Crippen molar-refractivity contribution in [2.45, 2.75) is 6.18 Å². The van der Waals surface area contributed by atoms with Gasteiger partial charge in [0.2, 0.25) is 0 Å². The Morgan fingerprint density at radius 3 is 2.43 bits per heavy atom. The number of carboxylic acid groups (broad SMARTS) is 1. The molecule has 2 N–H and O–H groups in total. The Bertz CT molecular complexity index is 551. The van der Waals surface area contributed by atoms with E-state index in [1.165, 1.54) is 6.07 Å². The van der Waals surface area contributed by atoms with Crippen molar-refractivity contribution in [3.05, 3.63) is 28.5 Å². The van der Waals surface area contributed by atoms with E-state index in [9.17, 15) is 27.2 Å². The zero-order chi connectivity index (χ0) is 16.2. The highest BCUT2D eigenvalue weighted by atomic mass is 79.9. The molecule has 0 saturated carbocycles. The first-order valence-electron chi connectivity index (χ1n) is 5.38. The van der Waals surface area contributed by atoms with Gasteiger partial charge >= 0.3 is 18.2 Å². The fourth-order valence-electron chi connectivity index (χ4n) is 1.36. The number of aliphatic carboxylic acids is 1. The summed E-state index contributed by atoms with van der Waals surface area (Å²) in [5.74, 6) is -2.49.